The van der Waals surface area contributed by atoms with Crippen LogP contribution in [0.3, 0.4) is 0 Å². The average Bonchev–Trinajstić information content (AvgIpc) is 1.96. The van der Waals surface area contributed by atoms with Crippen LogP contribution in [-0.4, -0.2) is 33.9 Å². The minimum atomic E-state index is -2.08. The molecule has 1 N–H and O–H groups in total. The average molecular weight is 224 g/mol. The summed E-state index contributed by atoms with van der Waals surface area (Å²) in [5, 5.41) is 8.18. The fraction of sp³-hybridized carbons (Fsp3) is 0.750. The van der Waals surface area contributed by atoms with Gasteiger partial charge in [0.25, 0.3) is 0 Å². The quantitative estimate of drug-likeness (QED) is 0.732. The lowest BCUT2D eigenvalue weighted by molar-refractivity contribution is -0.151. The largest absolute Gasteiger partial charge is 0.478 e. The molecule has 0 aliphatic heterocycles. The molecular formula is C8H13FO4S. The van der Waals surface area contributed by atoms with Crippen LogP contribution in [-0.2, 0) is 14.3 Å². The van der Waals surface area contributed by atoms with Crippen LogP contribution < -0.4 is 0 Å². The summed E-state index contributed by atoms with van der Waals surface area (Å²) in [5.41, 5.74) is -2.71. The Kier molecular flexibility index (Phi) is 4.90. The monoisotopic (exact) mass is 224 g/mol. The molecule has 1 unspecified atom stereocenters. The first-order valence-electron chi connectivity index (χ1n) is 3.92. The molecule has 0 heterocycles. The number of aliphatic carboxylic acids is 1. The zero-order valence-corrected chi connectivity index (χ0v) is 9.06. The predicted molar refractivity (Wildman–Crippen MR) is 50.8 cm³/mol. The Hall–Kier alpha value is -0.780. The molecule has 0 radical (unpaired) electrons. The number of alkyl halides is 1. The van der Waals surface area contributed by atoms with Crippen molar-refractivity contribution in [1.29, 1.82) is 0 Å². The van der Waals surface area contributed by atoms with Crippen LogP contribution in [0.5, 0.6) is 0 Å². The van der Waals surface area contributed by atoms with Gasteiger partial charge < -0.3 is 9.84 Å². The van der Waals surface area contributed by atoms with Gasteiger partial charge >= 0.3 is 11.9 Å². The molecule has 0 rings (SSSR count). The van der Waals surface area contributed by atoms with Crippen molar-refractivity contribution in [3.63, 3.8) is 0 Å². The summed E-state index contributed by atoms with van der Waals surface area (Å²) in [5.74, 6) is -2.50. The van der Waals surface area contributed by atoms with Crippen LogP contribution in [0, 0.1) is 0 Å². The second kappa shape index (κ2) is 5.19. The Bertz CT molecular complexity index is 224. The molecule has 0 aromatic carbocycles. The van der Waals surface area contributed by atoms with Crippen LogP contribution in [0.2, 0.25) is 0 Å². The number of hydrogen-bond donors (Lipinski definition) is 1. The van der Waals surface area contributed by atoms with Gasteiger partial charge in [0, 0.05) is 0 Å². The molecule has 0 saturated carbocycles. The standard InChI is InChI=1S/C8H13FO4S/c1-8(2,3)13-5(10)4-14-6(9)7(11)12/h6H,4H2,1-3H3,(H,11,12). The highest BCUT2D eigenvalue weighted by Crippen LogP contribution is 2.15. The van der Waals surface area contributed by atoms with Crippen LogP contribution in [0.1, 0.15) is 20.8 Å². The Labute approximate surface area is 85.8 Å². The zero-order valence-electron chi connectivity index (χ0n) is 8.24. The normalized spacial score (nSPS) is 13.4. The van der Waals surface area contributed by atoms with E-state index in [1.807, 2.05) is 0 Å². The number of thioether (sulfide) groups is 1. The van der Waals surface area contributed by atoms with Gasteiger partial charge in [-0.1, -0.05) is 0 Å². The minimum absolute atomic E-state index is 0.301. The molecule has 0 aliphatic rings. The van der Waals surface area contributed by atoms with Gasteiger partial charge in [0.15, 0.2) is 0 Å². The molecule has 14 heavy (non-hydrogen) atoms. The summed E-state index contributed by atoms with van der Waals surface area (Å²) in [6.45, 7) is 5.04. The molecule has 6 heteroatoms. The highest BCUT2D eigenvalue weighted by molar-refractivity contribution is 8.01. The highest BCUT2D eigenvalue weighted by Gasteiger charge is 2.21. The Morgan fingerprint density at radius 2 is 2.00 bits per heavy atom. The van der Waals surface area contributed by atoms with Crippen molar-refractivity contribution in [2.45, 2.75) is 31.9 Å². The molecule has 82 valence electrons. The number of carboxylic acids is 1. The van der Waals surface area contributed by atoms with Crippen LogP contribution >= 0.6 is 11.8 Å². The number of carbonyl (C=O) groups excluding carboxylic acids is 1. The van der Waals surface area contributed by atoms with Crippen LogP contribution in [0.4, 0.5) is 4.39 Å². The molecule has 0 saturated heterocycles. The maximum Gasteiger partial charge on any atom is 0.348 e. The van der Waals surface area contributed by atoms with Gasteiger partial charge in [-0.05, 0) is 20.8 Å². The number of esters is 1. The van der Waals surface area contributed by atoms with E-state index in [0.29, 0.717) is 11.8 Å². The van der Waals surface area contributed by atoms with E-state index in [0.717, 1.165) is 0 Å². The summed E-state index contributed by atoms with van der Waals surface area (Å²) in [4.78, 5) is 21.0. The van der Waals surface area contributed by atoms with Gasteiger partial charge in [0.2, 0.25) is 5.50 Å². The summed E-state index contributed by atoms with van der Waals surface area (Å²) in [7, 11) is 0. The summed E-state index contributed by atoms with van der Waals surface area (Å²) in [6.07, 6.45) is 0. The molecule has 1 atom stereocenters. The molecule has 4 nitrogen and oxygen atoms in total. The van der Waals surface area contributed by atoms with E-state index in [9.17, 15) is 14.0 Å². The third kappa shape index (κ3) is 6.71. The SMILES string of the molecule is CC(C)(C)OC(=O)CSC(F)C(=O)O. The lowest BCUT2D eigenvalue weighted by Crippen LogP contribution is -2.25. The molecule has 0 spiro atoms. The van der Waals surface area contributed by atoms with Crippen molar-refractivity contribution >= 4 is 23.7 Å². The van der Waals surface area contributed by atoms with E-state index in [2.05, 4.69) is 0 Å². The van der Waals surface area contributed by atoms with Crippen LogP contribution in [0.15, 0.2) is 0 Å². The number of carbonyl (C=O) groups is 2. The van der Waals surface area contributed by atoms with E-state index in [1.54, 1.807) is 20.8 Å². The molecule has 0 aliphatic carbocycles. The van der Waals surface area contributed by atoms with Crippen molar-refractivity contribution in [2.24, 2.45) is 0 Å². The number of hydrogen-bond acceptors (Lipinski definition) is 4. The first kappa shape index (κ1) is 13.2. The second-order valence-corrected chi connectivity index (χ2v) is 4.59. The first-order chi connectivity index (χ1) is 6.22. The maximum absolute atomic E-state index is 12.5. The van der Waals surface area contributed by atoms with E-state index < -0.39 is 23.0 Å². The van der Waals surface area contributed by atoms with E-state index >= 15 is 0 Å². The fourth-order valence-corrected chi connectivity index (χ4v) is 1.07. The Balaban J connectivity index is 3.81. The van der Waals surface area contributed by atoms with Crippen molar-refractivity contribution in [3.05, 3.63) is 0 Å². The van der Waals surface area contributed by atoms with Gasteiger partial charge in [-0.25, -0.2) is 9.18 Å². The van der Waals surface area contributed by atoms with Crippen molar-refractivity contribution in [1.82, 2.24) is 0 Å². The Morgan fingerprint density at radius 3 is 2.36 bits per heavy atom. The van der Waals surface area contributed by atoms with Crippen molar-refractivity contribution < 1.29 is 23.8 Å². The molecule has 0 aromatic heterocycles. The molecule has 0 fully saturated rings. The van der Waals surface area contributed by atoms with Gasteiger partial charge in [0.05, 0.1) is 5.75 Å². The molecule has 0 amide bonds. The molecular weight excluding hydrogens is 211 g/mol. The number of rotatable bonds is 4. The summed E-state index contributed by atoms with van der Waals surface area (Å²) >= 11 is 0.393. The molecule has 0 aromatic rings. The lowest BCUT2D eigenvalue weighted by Gasteiger charge is -2.19. The van der Waals surface area contributed by atoms with Gasteiger partial charge in [-0.3, -0.25) is 4.79 Å². The van der Waals surface area contributed by atoms with Gasteiger partial charge in [-0.2, -0.15) is 0 Å². The Morgan fingerprint density at radius 1 is 1.50 bits per heavy atom. The minimum Gasteiger partial charge on any atom is -0.478 e. The van der Waals surface area contributed by atoms with Crippen LogP contribution in [0.25, 0.3) is 0 Å². The first-order valence-corrected chi connectivity index (χ1v) is 4.97. The van der Waals surface area contributed by atoms with Gasteiger partial charge in [0.1, 0.15) is 5.60 Å². The topological polar surface area (TPSA) is 63.6 Å². The highest BCUT2D eigenvalue weighted by atomic mass is 32.2. The predicted octanol–water partition coefficient (Wildman–Crippen LogP) is 1.44. The maximum atomic E-state index is 12.5. The van der Waals surface area contributed by atoms with Gasteiger partial charge in [-0.15, -0.1) is 11.8 Å². The third-order valence-electron chi connectivity index (χ3n) is 0.962. The van der Waals surface area contributed by atoms with E-state index in [-0.39, 0.29) is 5.75 Å². The molecule has 0 bridgehead atoms. The lowest BCUT2D eigenvalue weighted by atomic mass is 10.2. The number of ether oxygens (including phenoxy) is 1. The zero-order chi connectivity index (χ0) is 11.4. The van der Waals surface area contributed by atoms with Crippen molar-refractivity contribution in [2.75, 3.05) is 5.75 Å². The summed E-state index contributed by atoms with van der Waals surface area (Å²) < 4.78 is 17.3. The number of carboxylic acid groups (broad SMARTS) is 1. The number of halogens is 1. The third-order valence-corrected chi connectivity index (χ3v) is 1.86. The van der Waals surface area contributed by atoms with Crippen molar-refractivity contribution in [3.8, 4) is 0 Å². The fourth-order valence-electron chi connectivity index (χ4n) is 0.583. The van der Waals surface area contributed by atoms with E-state index in [4.69, 9.17) is 9.84 Å². The summed E-state index contributed by atoms with van der Waals surface area (Å²) in [6, 6.07) is 0. The van der Waals surface area contributed by atoms with E-state index in [1.165, 1.54) is 0 Å². The second-order valence-electron chi connectivity index (χ2n) is 3.55. The smallest absolute Gasteiger partial charge is 0.348 e.